The van der Waals surface area contributed by atoms with Crippen LogP contribution in [0.4, 0.5) is 0 Å². The van der Waals surface area contributed by atoms with Crippen LogP contribution in [0.3, 0.4) is 0 Å². The average molecular weight is 494 g/mol. The van der Waals surface area contributed by atoms with Gasteiger partial charge in [-0.2, -0.15) is 5.10 Å². The van der Waals surface area contributed by atoms with Gasteiger partial charge < -0.3 is 14.8 Å². The first-order valence-corrected chi connectivity index (χ1v) is 12.4. The number of benzene rings is 1. The van der Waals surface area contributed by atoms with Gasteiger partial charge >= 0.3 is 5.97 Å². The van der Waals surface area contributed by atoms with Crippen LogP contribution in [0.5, 0.6) is 0 Å². The van der Waals surface area contributed by atoms with Crippen LogP contribution < -0.4 is 5.56 Å². The third kappa shape index (κ3) is 5.74. The maximum Gasteiger partial charge on any atom is 0.325 e. The molecule has 7 nitrogen and oxygen atoms in total. The molecule has 2 N–H and O–H groups in total. The molecule has 1 aliphatic heterocycles. The third-order valence-corrected chi connectivity index (χ3v) is 6.97. The van der Waals surface area contributed by atoms with Gasteiger partial charge in [-0.1, -0.05) is 35.9 Å². The maximum atomic E-state index is 12.7. The van der Waals surface area contributed by atoms with Crippen molar-refractivity contribution < 1.29 is 14.6 Å². The van der Waals surface area contributed by atoms with E-state index in [0.29, 0.717) is 30.4 Å². The second-order valence-electron chi connectivity index (χ2n) is 9.34. The van der Waals surface area contributed by atoms with Gasteiger partial charge in [0.25, 0.3) is 5.56 Å². The number of aryl methyl sites for hydroxylation is 2. The molecule has 3 aromatic rings. The summed E-state index contributed by atoms with van der Waals surface area (Å²) in [5.74, 6) is -0.237. The van der Waals surface area contributed by atoms with E-state index in [9.17, 15) is 9.59 Å². The number of nitrogens with one attached hydrogen (secondary N) is 1. The molecule has 0 unspecified atom stereocenters. The van der Waals surface area contributed by atoms with Crippen molar-refractivity contribution in [2.75, 3.05) is 13.2 Å². The highest BCUT2D eigenvalue weighted by Gasteiger charge is 2.26. The van der Waals surface area contributed by atoms with Crippen LogP contribution in [0.15, 0.2) is 53.5 Å². The molecule has 0 bridgehead atoms. The van der Waals surface area contributed by atoms with Crippen LogP contribution in [-0.2, 0) is 28.9 Å². The summed E-state index contributed by atoms with van der Waals surface area (Å²) in [4.78, 5) is 26.7. The number of hydrogen-bond donors (Lipinski definition) is 2. The normalized spacial score (nSPS) is 18.2. The predicted octanol–water partition coefficient (Wildman–Crippen LogP) is 4.44. The minimum absolute atomic E-state index is 0.0105. The van der Waals surface area contributed by atoms with Gasteiger partial charge in [0.15, 0.2) is 0 Å². The van der Waals surface area contributed by atoms with Crippen molar-refractivity contribution >= 4 is 23.1 Å². The highest BCUT2D eigenvalue weighted by atomic mass is 35.5. The second kappa shape index (κ2) is 10.2. The zero-order chi connectivity index (χ0) is 24.4. The molecule has 35 heavy (non-hydrogen) atoms. The number of H-pyrrole nitrogens is 1. The van der Waals surface area contributed by atoms with E-state index in [0.717, 1.165) is 59.5 Å². The van der Waals surface area contributed by atoms with E-state index < -0.39 is 5.97 Å². The van der Waals surface area contributed by atoms with Crippen molar-refractivity contribution in [2.45, 2.75) is 44.6 Å². The zero-order valence-corrected chi connectivity index (χ0v) is 20.1. The van der Waals surface area contributed by atoms with Crippen LogP contribution in [0.25, 0.3) is 5.57 Å². The van der Waals surface area contributed by atoms with Gasteiger partial charge in [-0.25, -0.2) is 0 Å². The van der Waals surface area contributed by atoms with Gasteiger partial charge in [0.2, 0.25) is 0 Å². The molecule has 2 fully saturated rings. The Labute approximate surface area is 208 Å². The van der Waals surface area contributed by atoms with Gasteiger partial charge in [-0.15, -0.1) is 0 Å². The molecule has 0 amide bonds. The number of carbonyl (C=O) groups is 1. The second-order valence-corrected chi connectivity index (χ2v) is 9.75. The molecule has 8 heteroatoms. The summed E-state index contributed by atoms with van der Waals surface area (Å²) >= 11 is 6.70. The number of aromatic nitrogens is 3. The van der Waals surface area contributed by atoms with E-state index in [1.54, 1.807) is 6.20 Å². The Morgan fingerprint density at radius 3 is 2.74 bits per heavy atom. The highest BCUT2D eigenvalue weighted by molar-refractivity contribution is 6.31. The smallest absolute Gasteiger partial charge is 0.325 e. The van der Waals surface area contributed by atoms with Crippen LogP contribution in [-0.4, -0.2) is 39.1 Å². The van der Waals surface area contributed by atoms with Crippen molar-refractivity contribution in [3.63, 3.8) is 0 Å². The van der Waals surface area contributed by atoms with Crippen LogP contribution in [0, 0.1) is 5.92 Å². The third-order valence-electron chi connectivity index (χ3n) is 6.62. The molecule has 1 aliphatic carbocycles. The molecule has 1 atom stereocenters. The van der Waals surface area contributed by atoms with E-state index >= 15 is 0 Å². The number of carboxylic acid groups (broad SMARTS) is 1. The maximum absolute atomic E-state index is 12.7. The first-order chi connectivity index (χ1) is 17.0. The molecule has 0 spiro atoms. The molecule has 2 aliphatic rings. The topological polar surface area (TPSA) is 97.2 Å². The van der Waals surface area contributed by atoms with Crippen molar-refractivity contribution in [3.8, 4) is 0 Å². The van der Waals surface area contributed by atoms with Crippen LogP contribution >= 0.6 is 11.6 Å². The lowest BCUT2D eigenvalue weighted by Crippen LogP contribution is -2.14. The molecular weight excluding hydrogens is 466 g/mol. The summed E-state index contributed by atoms with van der Waals surface area (Å²) in [5.41, 5.74) is 5.37. The van der Waals surface area contributed by atoms with E-state index in [-0.39, 0.29) is 18.0 Å². The molecular formula is C27H28ClN3O4. The monoisotopic (exact) mass is 493 g/mol. The SMILES string of the molecule is O=C(O)Cn1ccc(CCc2ccc(/C(=C\[C@H]3CCOC3)c3ccc(C4CC4)c(=O)[nH]3)cc2Cl)n1. The summed E-state index contributed by atoms with van der Waals surface area (Å²) in [6, 6.07) is 11.8. The van der Waals surface area contributed by atoms with Crippen LogP contribution in [0.1, 0.15) is 53.3 Å². The number of aliphatic carboxylic acids is 1. The van der Waals surface area contributed by atoms with E-state index in [2.05, 4.69) is 16.2 Å². The van der Waals surface area contributed by atoms with Gasteiger partial charge in [0.1, 0.15) is 6.54 Å². The van der Waals surface area contributed by atoms with E-state index in [1.807, 2.05) is 36.4 Å². The summed E-state index contributed by atoms with van der Waals surface area (Å²) in [5, 5.41) is 13.9. The number of pyridine rings is 1. The fourth-order valence-corrected chi connectivity index (χ4v) is 4.84. The predicted molar refractivity (Wildman–Crippen MR) is 134 cm³/mol. The first-order valence-electron chi connectivity index (χ1n) is 12.0. The number of carboxylic acids is 1. The Kier molecular flexibility index (Phi) is 6.88. The number of halogens is 1. The Morgan fingerprint density at radius 2 is 2.06 bits per heavy atom. The lowest BCUT2D eigenvalue weighted by atomic mass is 9.94. The minimum atomic E-state index is -0.921. The summed E-state index contributed by atoms with van der Waals surface area (Å²) in [6.45, 7) is 1.27. The molecule has 1 aromatic carbocycles. The van der Waals surface area contributed by atoms with Gasteiger partial charge in [-0.05, 0) is 67.3 Å². The fraction of sp³-hybridized carbons (Fsp3) is 0.370. The standard InChI is InChI=1S/C27H28ClN3O4/c28-24-14-20(4-3-19(24)5-6-21-9-11-31(30-21)15-26(32)33)23(13-17-10-12-35-16-17)25-8-7-22(18-1-2-18)27(34)29-25/h3-4,7-9,11,13-14,17-18H,1-2,5-6,10,12,15-16H2,(H,29,34)(H,32,33)/b23-13+/t17-/m1/s1. The Bertz CT molecular complexity index is 1320. The molecule has 3 heterocycles. The molecule has 182 valence electrons. The lowest BCUT2D eigenvalue weighted by molar-refractivity contribution is -0.137. The fourth-order valence-electron chi connectivity index (χ4n) is 4.56. The highest BCUT2D eigenvalue weighted by Crippen LogP contribution is 2.38. The molecule has 5 rings (SSSR count). The van der Waals surface area contributed by atoms with E-state index in [1.165, 1.54) is 4.68 Å². The molecule has 1 saturated carbocycles. The number of rotatable bonds is 9. The Morgan fingerprint density at radius 1 is 1.20 bits per heavy atom. The van der Waals surface area contributed by atoms with Crippen molar-refractivity contribution in [1.29, 1.82) is 0 Å². The summed E-state index contributed by atoms with van der Waals surface area (Å²) in [7, 11) is 0. The van der Waals surface area contributed by atoms with Crippen molar-refractivity contribution in [1.82, 2.24) is 14.8 Å². The van der Waals surface area contributed by atoms with E-state index in [4.69, 9.17) is 21.4 Å². The van der Waals surface area contributed by atoms with Crippen molar-refractivity contribution in [2.24, 2.45) is 5.92 Å². The molecule has 0 radical (unpaired) electrons. The van der Waals surface area contributed by atoms with Gasteiger partial charge in [0, 0.05) is 40.6 Å². The number of hydrogen-bond acceptors (Lipinski definition) is 4. The number of ether oxygens (including phenoxy) is 1. The minimum Gasteiger partial charge on any atom is -0.480 e. The van der Waals surface area contributed by atoms with Crippen LogP contribution in [0.2, 0.25) is 5.02 Å². The average Bonchev–Trinajstić information content (AvgIpc) is 3.34. The largest absolute Gasteiger partial charge is 0.480 e. The van der Waals surface area contributed by atoms with Gasteiger partial charge in [0.05, 0.1) is 12.3 Å². The van der Waals surface area contributed by atoms with Gasteiger partial charge in [-0.3, -0.25) is 14.3 Å². The Balaban J connectivity index is 1.38. The first kappa shape index (κ1) is 23.6. The van der Waals surface area contributed by atoms with Crippen molar-refractivity contribution in [3.05, 3.63) is 92.1 Å². The molecule has 1 saturated heterocycles. The summed E-state index contributed by atoms with van der Waals surface area (Å²) in [6.07, 6.45) is 8.33. The number of nitrogens with zero attached hydrogens (tertiary/aromatic N) is 2. The quantitative estimate of drug-likeness (QED) is 0.459. The summed E-state index contributed by atoms with van der Waals surface area (Å²) < 4.78 is 6.99. The lowest BCUT2D eigenvalue weighted by Gasteiger charge is -2.14. The molecule has 2 aromatic heterocycles. The zero-order valence-electron chi connectivity index (χ0n) is 19.4. The Hall–Kier alpha value is -3.16. The number of aromatic amines is 1.